The number of rotatable bonds is 6. The van der Waals surface area contributed by atoms with Gasteiger partial charge >= 0.3 is 0 Å². The summed E-state index contributed by atoms with van der Waals surface area (Å²) in [5.74, 6) is -2.32. The summed E-state index contributed by atoms with van der Waals surface area (Å²) in [6.45, 7) is 2.03. The second-order valence-electron chi connectivity index (χ2n) is 7.65. The van der Waals surface area contributed by atoms with Crippen LogP contribution in [0.4, 0.5) is 10.8 Å². The van der Waals surface area contributed by atoms with Crippen molar-refractivity contribution in [2.24, 2.45) is 0 Å². The minimum atomic E-state index is -1.13. The number of fused-ring (bicyclic) bond motifs is 1. The summed E-state index contributed by atoms with van der Waals surface area (Å²) in [5, 5.41) is 22.5. The molecule has 1 N–H and O–H groups in total. The van der Waals surface area contributed by atoms with Gasteiger partial charge in [-0.15, -0.1) is 0 Å². The third-order valence-electron chi connectivity index (χ3n) is 5.65. The van der Waals surface area contributed by atoms with E-state index in [1.807, 2.05) is 25.1 Å². The maximum Gasteiger partial charge on any atom is 0.296 e. The molecule has 0 spiro atoms. The van der Waals surface area contributed by atoms with E-state index in [1.54, 1.807) is 6.07 Å². The molecule has 0 unspecified atom stereocenters. The maximum atomic E-state index is 13.3. The van der Waals surface area contributed by atoms with Crippen LogP contribution in [-0.4, -0.2) is 26.7 Å². The molecule has 0 saturated carbocycles. The lowest BCUT2D eigenvalue weighted by Crippen LogP contribution is -2.31. The van der Waals surface area contributed by atoms with Gasteiger partial charge in [-0.3, -0.25) is 24.6 Å². The number of carbonyl (C=O) groups is 2. The summed E-state index contributed by atoms with van der Waals surface area (Å²) in [5.41, 5.74) is 1.61. The molecule has 9 nitrogen and oxygen atoms in total. The number of non-ortho nitro benzene ring substituents is 1. The number of Topliss-reactive ketones (excluding diaryl/α,β-unsaturated/α-hetero) is 1. The molecule has 1 aliphatic rings. The number of amides is 1. The van der Waals surface area contributed by atoms with Crippen molar-refractivity contribution in [1.82, 2.24) is 4.98 Å². The third-order valence-corrected chi connectivity index (χ3v) is 6.67. The zero-order valence-corrected chi connectivity index (χ0v) is 18.6. The van der Waals surface area contributed by atoms with Gasteiger partial charge in [0.1, 0.15) is 0 Å². The highest BCUT2D eigenvalue weighted by atomic mass is 32.1. The van der Waals surface area contributed by atoms with Gasteiger partial charge in [0.15, 0.2) is 16.7 Å². The van der Waals surface area contributed by atoms with Crippen molar-refractivity contribution in [2.75, 3.05) is 4.90 Å². The van der Waals surface area contributed by atoms with Crippen LogP contribution < -0.4 is 4.90 Å². The van der Waals surface area contributed by atoms with Crippen LogP contribution >= 0.6 is 11.3 Å². The molecule has 1 amide bonds. The number of aryl methyl sites for hydroxylation is 1. The van der Waals surface area contributed by atoms with E-state index in [2.05, 4.69) is 4.98 Å². The van der Waals surface area contributed by atoms with Crippen LogP contribution in [0.2, 0.25) is 0 Å². The molecular formula is C24H17N3O6S. The number of ketones is 1. The quantitative estimate of drug-likeness (QED) is 0.232. The number of carbonyl (C=O) groups excluding carboxylic acids is 2. The van der Waals surface area contributed by atoms with Gasteiger partial charge in [0.25, 0.3) is 11.6 Å². The summed E-state index contributed by atoms with van der Waals surface area (Å²) in [7, 11) is 0. The van der Waals surface area contributed by atoms with Gasteiger partial charge in [0, 0.05) is 12.1 Å². The van der Waals surface area contributed by atoms with Gasteiger partial charge < -0.3 is 9.52 Å². The Morgan fingerprint density at radius 3 is 2.76 bits per heavy atom. The Hall–Kier alpha value is -4.31. The second kappa shape index (κ2) is 8.23. The molecule has 0 saturated heterocycles. The summed E-state index contributed by atoms with van der Waals surface area (Å²) in [4.78, 5) is 43.1. The lowest BCUT2D eigenvalue weighted by Gasteiger charge is -2.24. The number of nitrogens with zero attached hydrogens (tertiary/aromatic N) is 3. The number of anilines is 1. The SMILES string of the molecule is CCc1ccc2nc(N3C(=O)C(O)=C(C(=O)c4ccco4)[C@@H]3c3cccc([N+](=O)[O-])c3)sc2c1. The molecule has 0 radical (unpaired) electrons. The first kappa shape index (κ1) is 21.5. The number of aromatic nitrogens is 1. The van der Waals surface area contributed by atoms with Crippen LogP contribution in [0.15, 0.2) is 76.6 Å². The summed E-state index contributed by atoms with van der Waals surface area (Å²) >= 11 is 1.24. The first-order valence-corrected chi connectivity index (χ1v) is 11.2. The fourth-order valence-electron chi connectivity index (χ4n) is 3.98. The second-order valence-corrected chi connectivity index (χ2v) is 8.66. The molecule has 0 fully saturated rings. The molecule has 170 valence electrons. The van der Waals surface area contributed by atoms with Crippen LogP contribution in [0.1, 0.15) is 34.6 Å². The Labute approximate surface area is 196 Å². The number of thiazole rings is 1. The first-order valence-electron chi connectivity index (χ1n) is 10.4. The lowest BCUT2D eigenvalue weighted by molar-refractivity contribution is -0.384. The Morgan fingerprint density at radius 1 is 1.24 bits per heavy atom. The molecule has 4 aromatic rings. The number of hydrogen-bond donors (Lipinski definition) is 1. The standard InChI is InChI=1S/C24H17N3O6S/c1-2-13-8-9-16-18(11-13)34-24(25-16)26-20(14-5-3-6-15(12-14)27(31)32)19(22(29)23(26)30)21(28)17-7-4-10-33-17/h3-12,20,29H,2H2,1H3/t20-/m0/s1. The molecule has 1 aliphatic heterocycles. The number of hydrogen-bond acceptors (Lipinski definition) is 8. The van der Waals surface area contributed by atoms with Crippen molar-refractivity contribution in [3.63, 3.8) is 0 Å². The maximum absolute atomic E-state index is 13.3. The highest BCUT2D eigenvalue weighted by Gasteiger charge is 2.46. The fraction of sp³-hybridized carbons (Fsp3) is 0.125. The van der Waals surface area contributed by atoms with E-state index in [1.165, 1.54) is 52.8 Å². The van der Waals surface area contributed by atoms with E-state index in [0.29, 0.717) is 5.52 Å². The molecule has 3 heterocycles. The van der Waals surface area contributed by atoms with Gasteiger partial charge in [0.2, 0.25) is 5.78 Å². The molecule has 2 aromatic heterocycles. The average molecular weight is 475 g/mol. The van der Waals surface area contributed by atoms with Crippen LogP contribution in [0.3, 0.4) is 0 Å². The van der Waals surface area contributed by atoms with Crippen molar-refractivity contribution in [3.05, 3.63) is 99.2 Å². The van der Waals surface area contributed by atoms with Crippen molar-refractivity contribution in [3.8, 4) is 0 Å². The zero-order valence-electron chi connectivity index (χ0n) is 17.8. The molecular weight excluding hydrogens is 458 g/mol. The largest absolute Gasteiger partial charge is 0.503 e. The molecule has 5 rings (SSSR count). The smallest absolute Gasteiger partial charge is 0.296 e. The van der Waals surface area contributed by atoms with Crippen molar-refractivity contribution < 1.29 is 24.0 Å². The minimum absolute atomic E-state index is 0.0662. The van der Waals surface area contributed by atoms with Gasteiger partial charge in [0.05, 0.1) is 33.0 Å². The van der Waals surface area contributed by atoms with E-state index in [-0.39, 0.29) is 27.7 Å². The van der Waals surface area contributed by atoms with Crippen LogP contribution in [0.25, 0.3) is 10.2 Å². The Balaban J connectivity index is 1.69. The number of nitro groups is 1. The molecule has 2 aromatic carbocycles. The highest BCUT2D eigenvalue weighted by molar-refractivity contribution is 7.22. The topological polar surface area (TPSA) is 127 Å². The van der Waals surface area contributed by atoms with Crippen molar-refractivity contribution >= 4 is 44.1 Å². The van der Waals surface area contributed by atoms with Crippen LogP contribution in [0.5, 0.6) is 0 Å². The van der Waals surface area contributed by atoms with E-state index in [9.17, 15) is 24.8 Å². The third kappa shape index (κ3) is 3.44. The van der Waals surface area contributed by atoms with E-state index in [0.717, 1.165) is 16.7 Å². The number of benzene rings is 2. The van der Waals surface area contributed by atoms with E-state index < -0.39 is 28.4 Å². The van der Waals surface area contributed by atoms with E-state index in [4.69, 9.17) is 4.42 Å². The number of nitro benzene ring substituents is 1. The Kier molecular flexibility index (Phi) is 5.21. The van der Waals surface area contributed by atoms with Crippen molar-refractivity contribution in [2.45, 2.75) is 19.4 Å². The van der Waals surface area contributed by atoms with E-state index >= 15 is 0 Å². The van der Waals surface area contributed by atoms with Crippen molar-refractivity contribution in [1.29, 1.82) is 0 Å². The lowest BCUT2D eigenvalue weighted by atomic mass is 9.95. The van der Waals surface area contributed by atoms with Crippen LogP contribution in [-0.2, 0) is 11.2 Å². The predicted octanol–water partition coefficient (Wildman–Crippen LogP) is 5.14. The number of furan rings is 1. The first-order chi connectivity index (χ1) is 16.4. The molecule has 1 atom stereocenters. The molecule has 34 heavy (non-hydrogen) atoms. The minimum Gasteiger partial charge on any atom is -0.503 e. The summed E-state index contributed by atoms with van der Waals surface area (Å²) in [6.07, 6.45) is 2.13. The summed E-state index contributed by atoms with van der Waals surface area (Å²) < 4.78 is 6.04. The highest BCUT2D eigenvalue weighted by Crippen LogP contribution is 2.44. The predicted molar refractivity (Wildman–Crippen MR) is 125 cm³/mol. The fourth-order valence-corrected chi connectivity index (χ4v) is 5.03. The van der Waals surface area contributed by atoms with Crippen LogP contribution in [0, 0.1) is 10.1 Å². The number of aliphatic hydroxyl groups is 1. The Morgan fingerprint density at radius 2 is 2.06 bits per heavy atom. The average Bonchev–Trinajstić information content (AvgIpc) is 3.57. The molecule has 0 bridgehead atoms. The van der Waals surface area contributed by atoms with Gasteiger partial charge in [-0.2, -0.15) is 0 Å². The molecule has 10 heteroatoms. The zero-order chi connectivity index (χ0) is 24.0. The van der Waals surface area contributed by atoms with Gasteiger partial charge in [-0.05, 0) is 41.8 Å². The van der Waals surface area contributed by atoms with Gasteiger partial charge in [-0.25, -0.2) is 4.98 Å². The van der Waals surface area contributed by atoms with Gasteiger partial charge in [-0.1, -0.05) is 36.5 Å². The molecule has 0 aliphatic carbocycles. The normalized spacial score (nSPS) is 16.0. The monoisotopic (exact) mass is 475 g/mol. The number of aliphatic hydroxyl groups excluding tert-OH is 1. The summed E-state index contributed by atoms with van der Waals surface area (Å²) in [6, 6.07) is 13.2. The Bertz CT molecular complexity index is 1490.